The zero-order valence-corrected chi connectivity index (χ0v) is 13.2. The molecule has 0 aliphatic carbocycles. The summed E-state index contributed by atoms with van der Waals surface area (Å²) >= 11 is 0. The number of nitrogens with zero attached hydrogens (tertiary/aromatic N) is 1. The first-order chi connectivity index (χ1) is 9.99. The lowest BCUT2D eigenvalue weighted by atomic mass is 10.2. The predicted octanol–water partition coefficient (Wildman–Crippen LogP) is 2.29. The van der Waals surface area contributed by atoms with Crippen molar-refractivity contribution in [2.24, 2.45) is 0 Å². The van der Waals surface area contributed by atoms with Crippen molar-refractivity contribution in [3.05, 3.63) is 17.9 Å². The minimum Gasteiger partial charge on any atom is -0.488 e. The van der Waals surface area contributed by atoms with Crippen LogP contribution in [-0.2, 0) is 9.47 Å². The summed E-state index contributed by atoms with van der Waals surface area (Å²) in [5, 5.41) is 0. The van der Waals surface area contributed by atoms with Gasteiger partial charge < -0.3 is 24.8 Å². The molecule has 5 nitrogen and oxygen atoms in total. The molecule has 2 N–H and O–H groups in total. The molecule has 0 aliphatic rings. The summed E-state index contributed by atoms with van der Waals surface area (Å²) in [6, 6.07) is 2.93. The number of halogens is 1. The van der Waals surface area contributed by atoms with Crippen molar-refractivity contribution >= 4 is 11.4 Å². The number of nitrogen functional groups attached to an aromatic ring is 1. The Morgan fingerprint density at radius 1 is 1.14 bits per heavy atom. The van der Waals surface area contributed by atoms with Crippen LogP contribution in [0.2, 0.25) is 0 Å². The van der Waals surface area contributed by atoms with Gasteiger partial charge in [0.1, 0.15) is 0 Å². The number of hydrogen-bond acceptors (Lipinski definition) is 5. The highest BCUT2D eigenvalue weighted by atomic mass is 19.1. The smallest absolute Gasteiger partial charge is 0.167 e. The standard InChI is InChI=1S/C15H25FN2O3/c1-11(2)21-15-10-14(13(17)9-12(15)16)18(5-7-19-3)6-8-20-4/h9-11H,5-8,17H2,1-4H3. The van der Waals surface area contributed by atoms with Gasteiger partial charge in [-0.3, -0.25) is 0 Å². The van der Waals surface area contributed by atoms with Crippen molar-refractivity contribution in [1.29, 1.82) is 0 Å². The van der Waals surface area contributed by atoms with Crippen LogP contribution in [0.15, 0.2) is 12.1 Å². The maximum atomic E-state index is 13.9. The maximum absolute atomic E-state index is 13.9. The van der Waals surface area contributed by atoms with Gasteiger partial charge >= 0.3 is 0 Å². The summed E-state index contributed by atoms with van der Waals surface area (Å²) in [5.41, 5.74) is 7.04. The maximum Gasteiger partial charge on any atom is 0.167 e. The molecule has 0 amide bonds. The fourth-order valence-corrected chi connectivity index (χ4v) is 1.93. The van der Waals surface area contributed by atoms with Crippen LogP contribution >= 0.6 is 0 Å². The molecule has 0 aliphatic heterocycles. The Labute approximate surface area is 125 Å². The summed E-state index contributed by atoms with van der Waals surface area (Å²) < 4.78 is 29.6. The van der Waals surface area contributed by atoms with Gasteiger partial charge in [-0.2, -0.15) is 0 Å². The van der Waals surface area contributed by atoms with Crippen LogP contribution in [-0.4, -0.2) is 46.6 Å². The summed E-state index contributed by atoms with van der Waals surface area (Å²) in [6.45, 7) is 6.06. The summed E-state index contributed by atoms with van der Waals surface area (Å²) in [6.07, 6.45) is -0.109. The number of methoxy groups -OCH3 is 2. The molecule has 0 spiro atoms. The first-order valence-electron chi connectivity index (χ1n) is 6.98. The van der Waals surface area contributed by atoms with Crippen LogP contribution < -0.4 is 15.4 Å². The monoisotopic (exact) mass is 300 g/mol. The van der Waals surface area contributed by atoms with Crippen LogP contribution in [0.4, 0.5) is 15.8 Å². The lowest BCUT2D eigenvalue weighted by Gasteiger charge is -2.26. The summed E-state index contributed by atoms with van der Waals surface area (Å²) in [5.74, 6) is -0.252. The fourth-order valence-electron chi connectivity index (χ4n) is 1.93. The van der Waals surface area contributed by atoms with Gasteiger partial charge in [0.05, 0.1) is 30.7 Å². The molecule has 1 rings (SSSR count). The van der Waals surface area contributed by atoms with E-state index in [1.54, 1.807) is 20.3 Å². The van der Waals surface area contributed by atoms with Crippen molar-refractivity contribution in [3.63, 3.8) is 0 Å². The van der Waals surface area contributed by atoms with Crippen molar-refractivity contribution in [3.8, 4) is 5.75 Å². The first-order valence-corrected chi connectivity index (χ1v) is 6.98. The Kier molecular flexibility index (Phi) is 7.25. The Balaban J connectivity index is 3.03. The van der Waals surface area contributed by atoms with E-state index in [0.717, 1.165) is 5.69 Å². The normalized spacial score (nSPS) is 11.0. The number of nitrogens with two attached hydrogens (primary N) is 1. The second-order valence-electron chi connectivity index (χ2n) is 4.98. The summed E-state index contributed by atoms with van der Waals surface area (Å²) in [7, 11) is 3.27. The third kappa shape index (κ3) is 5.40. The van der Waals surface area contributed by atoms with E-state index in [0.29, 0.717) is 32.0 Å². The second-order valence-corrected chi connectivity index (χ2v) is 4.98. The minimum atomic E-state index is -0.455. The van der Waals surface area contributed by atoms with Gasteiger partial charge in [-0.15, -0.1) is 0 Å². The topological polar surface area (TPSA) is 57.0 Å². The highest BCUT2D eigenvalue weighted by molar-refractivity contribution is 5.70. The molecule has 0 fully saturated rings. The average Bonchev–Trinajstić information content (AvgIpc) is 2.42. The van der Waals surface area contributed by atoms with Gasteiger partial charge in [0.15, 0.2) is 11.6 Å². The number of rotatable bonds is 9. The number of ether oxygens (including phenoxy) is 3. The van der Waals surface area contributed by atoms with Gasteiger partial charge in [-0.05, 0) is 13.8 Å². The molecule has 0 atom stereocenters. The highest BCUT2D eigenvalue weighted by Gasteiger charge is 2.15. The van der Waals surface area contributed by atoms with Crippen LogP contribution in [0.1, 0.15) is 13.8 Å². The van der Waals surface area contributed by atoms with E-state index in [1.165, 1.54) is 6.07 Å². The van der Waals surface area contributed by atoms with E-state index in [2.05, 4.69) is 0 Å². The quantitative estimate of drug-likeness (QED) is 0.709. The number of hydrogen-bond donors (Lipinski definition) is 1. The molecule has 120 valence electrons. The highest BCUT2D eigenvalue weighted by Crippen LogP contribution is 2.31. The zero-order valence-electron chi connectivity index (χ0n) is 13.2. The van der Waals surface area contributed by atoms with Gasteiger partial charge in [0, 0.05) is 39.4 Å². The van der Waals surface area contributed by atoms with Crippen molar-refractivity contribution in [2.75, 3.05) is 51.2 Å². The van der Waals surface area contributed by atoms with E-state index in [4.69, 9.17) is 19.9 Å². The molecular formula is C15H25FN2O3. The molecule has 6 heteroatoms. The van der Waals surface area contributed by atoms with Crippen LogP contribution in [0.3, 0.4) is 0 Å². The van der Waals surface area contributed by atoms with E-state index in [-0.39, 0.29) is 11.9 Å². The SMILES string of the molecule is COCCN(CCOC)c1cc(OC(C)C)c(F)cc1N. The molecule has 0 aromatic heterocycles. The first kappa shape index (κ1) is 17.5. The Morgan fingerprint density at radius 2 is 1.71 bits per heavy atom. The van der Waals surface area contributed by atoms with Crippen LogP contribution in [0, 0.1) is 5.82 Å². The third-order valence-corrected chi connectivity index (χ3v) is 2.92. The largest absolute Gasteiger partial charge is 0.488 e. The van der Waals surface area contributed by atoms with Crippen LogP contribution in [0.5, 0.6) is 5.75 Å². The average molecular weight is 300 g/mol. The number of benzene rings is 1. The number of anilines is 2. The second kappa shape index (κ2) is 8.69. The van der Waals surface area contributed by atoms with E-state index in [9.17, 15) is 4.39 Å². The molecule has 1 aromatic carbocycles. The Hall–Kier alpha value is -1.53. The van der Waals surface area contributed by atoms with Gasteiger partial charge in [0.25, 0.3) is 0 Å². The molecule has 0 bridgehead atoms. The Bertz CT molecular complexity index is 433. The molecule has 0 unspecified atom stereocenters. The lowest BCUT2D eigenvalue weighted by Crippen LogP contribution is -2.31. The van der Waals surface area contributed by atoms with Crippen molar-refractivity contribution in [1.82, 2.24) is 0 Å². The molecule has 0 heterocycles. The summed E-state index contributed by atoms with van der Waals surface area (Å²) in [4.78, 5) is 2.00. The van der Waals surface area contributed by atoms with Crippen molar-refractivity contribution in [2.45, 2.75) is 20.0 Å². The van der Waals surface area contributed by atoms with Crippen molar-refractivity contribution < 1.29 is 18.6 Å². The van der Waals surface area contributed by atoms with Gasteiger partial charge in [-0.1, -0.05) is 0 Å². The zero-order chi connectivity index (χ0) is 15.8. The molecule has 0 radical (unpaired) electrons. The van der Waals surface area contributed by atoms with Crippen LogP contribution in [0.25, 0.3) is 0 Å². The molecule has 21 heavy (non-hydrogen) atoms. The molecule has 0 saturated carbocycles. The fraction of sp³-hybridized carbons (Fsp3) is 0.600. The lowest BCUT2D eigenvalue weighted by molar-refractivity contribution is 0.190. The molecule has 1 aromatic rings. The van der Waals surface area contributed by atoms with E-state index < -0.39 is 5.82 Å². The Morgan fingerprint density at radius 3 is 2.19 bits per heavy atom. The minimum absolute atomic E-state index is 0.109. The molecule has 0 saturated heterocycles. The van der Waals surface area contributed by atoms with E-state index >= 15 is 0 Å². The van der Waals surface area contributed by atoms with E-state index in [1.807, 2.05) is 18.7 Å². The van der Waals surface area contributed by atoms with Gasteiger partial charge in [-0.25, -0.2) is 4.39 Å². The predicted molar refractivity (Wildman–Crippen MR) is 82.5 cm³/mol. The molecular weight excluding hydrogens is 275 g/mol. The van der Waals surface area contributed by atoms with Gasteiger partial charge in [0.2, 0.25) is 0 Å². The third-order valence-electron chi connectivity index (χ3n) is 2.92.